The summed E-state index contributed by atoms with van der Waals surface area (Å²) in [6, 6.07) is 58.7. The molecular formula is C80H92BN3. The second-order valence-corrected chi connectivity index (χ2v) is 32.6. The van der Waals surface area contributed by atoms with Crippen LogP contribution in [-0.4, -0.2) is 6.71 Å². The Kier molecular flexibility index (Phi) is 12.3. The maximum Gasteiger partial charge on any atom is 0.252 e. The zero-order valence-electron chi connectivity index (χ0n) is 54.6. The van der Waals surface area contributed by atoms with E-state index in [1.54, 1.807) is 0 Å². The lowest BCUT2D eigenvalue weighted by Gasteiger charge is -2.48. The van der Waals surface area contributed by atoms with Crippen LogP contribution in [0.2, 0.25) is 0 Å². The molecule has 0 atom stereocenters. The molecule has 0 saturated heterocycles. The van der Waals surface area contributed by atoms with Gasteiger partial charge in [-0.1, -0.05) is 198 Å². The molecule has 13 rings (SSSR count). The molecule has 5 aliphatic rings. The van der Waals surface area contributed by atoms with Gasteiger partial charge in [-0.3, -0.25) is 0 Å². The summed E-state index contributed by atoms with van der Waals surface area (Å²) in [6.07, 6.45) is 4.67. The van der Waals surface area contributed by atoms with Gasteiger partial charge in [0.1, 0.15) is 0 Å². The van der Waals surface area contributed by atoms with Crippen molar-refractivity contribution >= 4 is 74.3 Å². The molecule has 8 aromatic carbocycles. The minimum absolute atomic E-state index is 0.0132. The zero-order valence-corrected chi connectivity index (χ0v) is 54.6. The largest absolute Gasteiger partial charge is 0.311 e. The van der Waals surface area contributed by atoms with Crippen LogP contribution < -0.4 is 31.1 Å². The second kappa shape index (κ2) is 18.4. The van der Waals surface area contributed by atoms with Crippen molar-refractivity contribution in [1.29, 1.82) is 0 Å². The van der Waals surface area contributed by atoms with E-state index in [9.17, 15) is 0 Å². The van der Waals surface area contributed by atoms with Gasteiger partial charge in [0.25, 0.3) is 6.71 Å². The van der Waals surface area contributed by atoms with Crippen molar-refractivity contribution in [2.24, 2.45) is 0 Å². The fourth-order valence-electron chi connectivity index (χ4n) is 15.9. The van der Waals surface area contributed by atoms with Crippen LogP contribution in [0, 0.1) is 6.92 Å². The third-order valence-corrected chi connectivity index (χ3v) is 21.2. The molecule has 3 nitrogen and oxygen atoms in total. The third kappa shape index (κ3) is 8.70. The molecule has 0 aromatic heterocycles. The quantitative estimate of drug-likeness (QED) is 0.159. The van der Waals surface area contributed by atoms with Crippen LogP contribution in [0.4, 0.5) is 51.2 Å². The highest BCUT2D eigenvalue weighted by Crippen LogP contribution is 2.57. The SMILES string of the molecule is Cc1cc2c3c(c1)N(c1ccc4c(c1)C(C)(C)CCC4(C)C)c1cc4c(cc1B3c1ccc(N(c3ccc(C(C)(C)C)cc3)c3ccc(C(C)(C)C)cc3)cc1N2c1cc2c(c(C(C)(C)C)c1)C(C)(C)c1ccccc1-2)C(C)(C)CCC4(C)C. The Morgan fingerprint density at radius 1 is 0.393 bits per heavy atom. The van der Waals surface area contributed by atoms with Gasteiger partial charge in [0.2, 0.25) is 0 Å². The van der Waals surface area contributed by atoms with Crippen LogP contribution in [0.25, 0.3) is 11.1 Å². The van der Waals surface area contributed by atoms with Crippen molar-refractivity contribution in [3.05, 3.63) is 201 Å². The predicted molar refractivity (Wildman–Crippen MR) is 364 cm³/mol. The minimum Gasteiger partial charge on any atom is -0.311 e. The Hall–Kier alpha value is -6.78. The molecule has 2 heterocycles. The Labute approximate surface area is 506 Å². The molecule has 0 spiro atoms. The Morgan fingerprint density at radius 2 is 0.881 bits per heavy atom. The van der Waals surface area contributed by atoms with Gasteiger partial charge in [-0.25, -0.2) is 0 Å². The van der Waals surface area contributed by atoms with E-state index in [0.29, 0.717) is 0 Å². The van der Waals surface area contributed by atoms with Gasteiger partial charge in [0.15, 0.2) is 0 Å². The smallest absolute Gasteiger partial charge is 0.252 e. The standard InChI is InChI=1S/C80H92BN3/c1-49-41-69-72-70(42-49)84(56-43-58-57-23-21-22-24-59(57)80(19,20)71(58)64(45-56)75(8,9)10)67-46-55(82(52-29-25-50(26-30-52)73(2,3)4)53-31-27-51(28-32-53)74(5,6)7)34-36-65(67)81(72)66-47-62-63(79(17,18)40-39-78(62,15)16)48-68(66)83(69)54-33-35-60-61(44-54)77(13,14)38-37-76(60,11)12/h21-36,41-48H,37-40H2,1-20H3. The summed E-state index contributed by atoms with van der Waals surface area (Å²) in [4.78, 5) is 7.94. The number of nitrogens with zero attached hydrogens (tertiary/aromatic N) is 3. The molecule has 430 valence electrons. The maximum atomic E-state index is 2.72. The first-order chi connectivity index (χ1) is 39.2. The summed E-state index contributed by atoms with van der Waals surface area (Å²) < 4.78 is 0. The van der Waals surface area contributed by atoms with Crippen LogP contribution in [0.3, 0.4) is 0 Å². The summed E-state index contributed by atoms with van der Waals surface area (Å²) in [6.45, 7) is 48.2. The molecule has 8 aromatic rings. The molecule has 0 radical (unpaired) electrons. The third-order valence-electron chi connectivity index (χ3n) is 21.2. The van der Waals surface area contributed by atoms with E-state index in [2.05, 4.69) is 299 Å². The number of hydrogen-bond donors (Lipinski definition) is 0. The number of hydrogen-bond acceptors (Lipinski definition) is 3. The average Bonchev–Trinajstić information content (AvgIpc) is 1.31. The first-order valence-corrected chi connectivity index (χ1v) is 31.7. The van der Waals surface area contributed by atoms with Gasteiger partial charge >= 0.3 is 0 Å². The summed E-state index contributed by atoms with van der Waals surface area (Å²) in [5, 5.41) is 0. The maximum absolute atomic E-state index is 2.72. The lowest BCUT2D eigenvalue weighted by molar-refractivity contribution is 0.332. The molecule has 3 aliphatic carbocycles. The van der Waals surface area contributed by atoms with Gasteiger partial charge in [-0.15, -0.1) is 0 Å². The molecule has 2 aliphatic heterocycles. The second-order valence-electron chi connectivity index (χ2n) is 32.6. The number of aryl methyl sites for hydroxylation is 1. The van der Waals surface area contributed by atoms with Gasteiger partial charge < -0.3 is 14.7 Å². The number of fused-ring (bicyclic) bond motifs is 9. The van der Waals surface area contributed by atoms with E-state index in [1.807, 2.05) is 0 Å². The summed E-state index contributed by atoms with van der Waals surface area (Å²) in [5.41, 5.74) is 31.8. The van der Waals surface area contributed by atoms with Crippen molar-refractivity contribution in [1.82, 2.24) is 0 Å². The van der Waals surface area contributed by atoms with Gasteiger partial charge in [0.05, 0.1) is 0 Å². The lowest BCUT2D eigenvalue weighted by atomic mass is 9.33. The molecule has 0 saturated carbocycles. The zero-order chi connectivity index (χ0) is 60.0. The van der Waals surface area contributed by atoms with E-state index >= 15 is 0 Å². The topological polar surface area (TPSA) is 9.72 Å². The molecular weight excluding hydrogens is 1010 g/mol. The molecule has 0 unspecified atom stereocenters. The average molecular weight is 1110 g/mol. The van der Waals surface area contributed by atoms with Crippen LogP contribution in [0.15, 0.2) is 146 Å². The van der Waals surface area contributed by atoms with Crippen LogP contribution in [-0.2, 0) is 43.3 Å². The predicted octanol–water partition coefficient (Wildman–Crippen LogP) is 20.4. The Morgan fingerprint density at radius 3 is 1.43 bits per heavy atom. The van der Waals surface area contributed by atoms with E-state index in [0.717, 1.165) is 29.9 Å². The van der Waals surface area contributed by atoms with Crippen LogP contribution in [0.5, 0.6) is 0 Å². The minimum atomic E-state index is -0.163. The summed E-state index contributed by atoms with van der Waals surface area (Å²) in [5.74, 6) is 0. The van der Waals surface area contributed by atoms with E-state index < -0.39 is 0 Å². The fourth-order valence-corrected chi connectivity index (χ4v) is 15.9. The molecule has 4 heteroatoms. The summed E-state index contributed by atoms with van der Waals surface area (Å²) >= 11 is 0. The molecule has 0 N–H and O–H groups in total. The monoisotopic (exact) mass is 1110 g/mol. The highest BCUT2D eigenvalue weighted by atomic mass is 15.2. The molecule has 0 bridgehead atoms. The lowest BCUT2D eigenvalue weighted by Crippen LogP contribution is -2.62. The van der Waals surface area contributed by atoms with Crippen molar-refractivity contribution in [2.45, 2.75) is 207 Å². The molecule has 0 amide bonds. The molecule has 84 heavy (non-hydrogen) atoms. The van der Waals surface area contributed by atoms with E-state index in [4.69, 9.17) is 0 Å². The first kappa shape index (κ1) is 56.4. The molecule has 0 fully saturated rings. The van der Waals surface area contributed by atoms with Gasteiger partial charge in [-0.2, -0.15) is 0 Å². The van der Waals surface area contributed by atoms with Gasteiger partial charge in [-0.05, 0) is 233 Å². The summed E-state index contributed by atoms with van der Waals surface area (Å²) in [7, 11) is 0. The first-order valence-electron chi connectivity index (χ1n) is 31.7. The van der Waals surface area contributed by atoms with Crippen LogP contribution in [0.1, 0.15) is 213 Å². The van der Waals surface area contributed by atoms with Crippen molar-refractivity contribution in [2.75, 3.05) is 14.7 Å². The van der Waals surface area contributed by atoms with Crippen molar-refractivity contribution in [3.63, 3.8) is 0 Å². The highest BCUT2D eigenvalue weighted by Gasteiger charge is 2.49. The number of rotatable bonds is 5. The van der Waals surface area contributed by atoms with Crippen molar-refractivity contribution < 1.29 is 0 Å². The normalized spacial score (nSPS) is 18.2. The van der Waals surface area contributed by atoms with Crippen LogP contribution >= 0.6 is 0 Å². The number of benzene rings is 8. The van der Waals surface area contributed by atoms with Gasteiger partial charge in [0, 0.05) is 56.6 Å². The van der Waals surface area contributed by atoms with E-state index in [-0.39, 0.29) is 50.0 Å². The Balaban J connectivity index is 1.14. The van der Waals surface area contributed by atoms with Crippen molar-refractivity contribution in [3.8, 4) is 11.1 Å². The fraction of sp³-hybridized carbons (Fsp3) is 0.400. The number of anilines is 9. The highest BCUT2D eigenvalue weighted by molar-refractivity contribution is 7.00. The van der Waals surface area contributed by atoms with E-state index in [1.165, 1.54) is 130 Å². The Bertz CT molecular complexity index is 3950.